The van der Waals surface area contributed by atoms with Crippen LogP contribution >= 0.6 is 0 Å². The quantitative estimate of drug-likeness (QED) is 0.621. The first kappa shape index (κ1) is 21.9. The van der Waals surface area contributed by atoms with E-state index in [0.717, 1.165) is 36.3 Å². The molecule has 0 radical (unpaired) electrons. The van der Waals surface area contributed by atoms with Crippen molar-refractivity contribution in [1.82, 2.24) is 19.7 Å². The molecular weight excluding hydrogens is 400 g/mol. The molecule has 4 rings (SSSR count). The minimum Gasteiger partial charge on any atom is -0.340 e. The lowest BCUT2D eigenvalue weighted by Gasteiger charge is -2.33. The molecule has 3 heterocycles. The van der Waals surface area contributed by atoms with Gasteiger partial charge >= 0.3 is 0 Å². The Labute approximate surface area is 188 Å². The van der Waals surface area contributed by atoms with Crippen LogP contribution in [0.15, 0.2) is 53.3 Å². The Kier molecular flexibility index (Phi) is 6.49. The van der Waals surface area contributed by atoms with Crippen LogP contribution in [0.3, 0.4) is 0 Å². The molecule has 1 aliphatic rings. The lowest BCUT2D eigenvalue weighted by atomic mass is 9.92. The third-order valence-corrected chi connectivity index (χ3v) is 6.00. The highest BCUT2D eigenvalue weighted by molar-refractivity contribution is 5.76. The summed E-state index contributed by atoms with van der Waals surface area (Å²) < 4.78 is 1.26. The number of hydrogen-bond acceptors (Lipinski definition) is 4. The van der Waals surface area contributed by atoms with E-state index in [1.165, 1.54) is 27.4 Å². The molecule has 1 atom stereocenters. The van der Waals surface area contributed by atoms with Crippen molar-refractivity contribution in [2.45, 2.75) is 52.5 Å². The van der Waals surface area contributed by atoms with Gasteiger partial charge in [0.05, 0.1) is 5.69 Å². The summed E-state index contributed by atoms with van der Waals surface area (Å²) in [4.78, 5) is 31.6. The Hall–Kier alpha value is -3.28. The van der Waals surface area contributed by atoms with E-state index in [-0.39, 0.29) is 23.9 Å². The number of likely N-dealkylation sites (tertiary alicyclic amines) is 1. The predicted octanol–water partition coefficient (Wildman–Crippen LogP) is 3.56. The van der Waals surface area contributed by atoms with Gasteiger partial charge < -0.3 is 4.90 Å². The van der Waals surface area contributed by atoms with Crippen LogP contribution in [0.4, 0.5) is 0 Å². The number of carbonyl (C=O) groups is 1. The second-order valence-electron chi connectivity index (χ2n) is 8.86. The number of amides is 1. The van der Waals surface area contributed by atoms with Crippen LogP contribution < -0.4 is 5.56 Å². The fraction of sp³-hybridized carbons (Fsp3) is 0.385. The summed E-state index contributed by atoms with van der Waals surface area (Å²) in [6.45, 7) is 7.27. The van der Waals surface area contributed by atoms with Crippen molar-refractivity contribution in [1.29, 1.82) is 0 Å². The van der Waals surface area contributed by atoms with E-state index in [1.807, 2.05) is 18.7 Å². The van der Waals surface area contributed by atoms with Crippen LogP contribution in [0.1, 0.15) is 52.5 Å². The number of pyridine rings is 1. The zero-order valence-electron chi connectivity index (χ0n) is 19.0. The van der Waals surface area contributed by atoms with Crippen LogP contribution in [0.5, 0.6) is 0 Å². The molecule has 6 nitrogen and oxygen atoms in total. The van der Waals surface area contributed by atoms with E-state index < -0.39 is 0 Å². The van der Waals surface area contributed by atoms with Crippen LogP contribution in [-0.2, 0) is 17.8 Å². The number of piperidine rings is 1. The van der Waals surface area contributed by atoms with Crippen molar-refractivity contribution in [3.05, 3.63) is 92.7 Å². The summed E-state index contributed by atoms with van der Waals surface area (Å²) in [5.74, 6) is 0.133. The van der Waals surface area contributed by atoms with Gasteiger partial charge in [-0.25, -0.2) is 4.68 Å². The highest BCUT2D eigenvalue weighted by Gasteiger charge is 2.26. The van der Waals surface area contributed by atoms with E-state index in [4.69, 9.17) is 4.98 Å². The highest BCUT2D eigenvalue weighted by atomic mass is 16.2. The molecule has 2 aromatic heterocycles. The molecule has 1 aromatic carbocycles. The first-order chi connectivity index (χ1) is 15.4. The molecule has 1 aliphatic heterocycles. The molecule has 0 aliphatic carbocycles. The zero-order valence-corrected chi connectivity index (χ0v) is 19.0. The summed E-state index contributed by atoms with van der Waals surface area (Å²) in [7, 11) is 0. The van der Waals surface area contributed by atoms with Gasteiger partial charge in [0, 0.05) is 36.5 Å². The zero-order chi connectivity index (χ0) is 22.7. The highest BCUT2D eigenvalue weighted by Crippen LogP contribution is 2.27. The standard InChI is InChI=1S/C26H30N4O2/c1-18-6-4-7-21(12-18)14-22-13-20(3)27-24(15-22)23-8-5-11-29(16-23)26(32)17-30-25(31)10-9-19(2)28-30/h4,6-7,9-10,12-13,15,23H,5,8,11,14,16-17H2,1-3H3. The molecule has 166 valence electrons. The molecular formula is C26H30N4O2. The van der Waals surface area contributed by atoms with Gasteiger partial charge in [0.15, 0.2) is 0 Å². The number of carbonyl (C=O) groups excluding carboxylic acids is 1. The largest absolute Gasteiger partial charge is 0.340 e. The second kappa shape index (κ2) is 9.47. The van der Waals surface area contributed by atoms with Gasteiger partial charge in [-0.2, -0.15) is 5.10 Å². The van der Waals surface area contributed by atoms with E-state index >= 15 is 0 Å². The number of hydrogen-bond donors (Lipinski definition) is 0. The van der Waals surface area contributed by atoms with Gasteiger partial charge in [-0.05, 0) is 69.4 Å². The predicted molar refractivity (Wildman–Crippen MR) is 125 cm³/mol. The Morgan fingerprint density at radius 1 is 1.03 bits per heavy atom. The summed E-state index contributed by atoms with van der Waals surface area (Å²) in [5, 5.41) is 4.20. The first-order valence-electron chi connectivity index (χ1n) is 11.2. The monoisotopic (exact) mass is 430 g/mol. The smallest absolute Gasteiger partial charge is 0.267 e. The van der Waals surface area contributed by atoms with Crippen molar-refractivity contribution in [3.8, 4) is 0 Å². The molecule has 3 aromatic rings. The summed E-state index contributed by atoms with van der Waals surface area (Å²) in [6.07, 6.45) is 2.80. The minimum absolute atomic E-state index is 0.0207. The maximum atomic E-state index is 12.9. The molecule has 0 spiro atoms. The SMILES string of the molecule is Cc1cccc(Cc2cc(C)nc(C3CCCN(C(=O)Cn4nc(C)ccc4=O)C3)c2)c1. The molecule has 6 heteroatoms. The maximum Gasteiger partial charge on any atom is 0.267 e. The lowest BCUT2D eigenvalue weighted by Crippen LogP contribution is -2.42. The Balaban J connectivity index is 1.49. The van der Waals surface area contributed by atoms with E-state index in [9.17, 15) is 9.59 Å². The Bertz CT molecular complexity index is 1180. The van der Waals surface area contributed by atoms with Gasteiger partial charge in [-0.15, -0.1) is 0 Å². The van der Waals surface area contributed by atoms with Crippen molar-refractivity contribution < 1.29 is 4.79 Å². The molecule has 1 saturated heterocycles. The summed E-state index contributed by atoms with van der Waals surface area (Å²) >= 11 is 0. The van der Waals surface area contributed by atoms with Gasteiger partial charge in [-0.3, -0.25) is 14.6 Å². The molecule has 1 fully saturated rings. The van der Waals surface area contributed by atoms with Crippen LogP contribution in [0, 0.1) is 20.8 Å². The minimum atomic E-state index is -0.251. The van der Waals surface area contributed by atoms with Crippen molar-refractivity contribution >= 4 is 5.91 Å². The Morgan fingerprint density at radius 3 is 2.69 bits per heavy atom. The van der Waals surface area contributed by atoms with Crippen LogP contribution in [0.25, 0.3) is 0 Å². The average molecular weight is 431 g/mol. The topological polar surface area (TPSA) is 68.1 Å². The van der Waals surface area contributed by atoms with Gasteiger partial charge in [-0.1, -0.05) is 29.8 Å². The van der Waals surface area contributed by atoms with Crippen LogP contribution in [-0.4, -0.2) is 38.7 Å². The molecule has 0 N–H and O–H groups in total. The van der Waals surface area contributed by atoms with Crippen LogP contribution in [0.2, 0.25) is 0 Å². The number of nitrogens with zero attached hydrogens (tertiary/aromatic N) is 4. The summed E-state index contributed by atoms with van der Waals surface area (Å²) in [5.41, 5.74) is 6.32. The van der Waals surface area contributed by atoms with Gasteiger partial charge in [0.2, 0.25) is 5.91 Å². The third kappa shape index (κ3) is 5.31. The molecule has 0 saturated carbocycles. The molecule has 0 bridgehead atoms. The fourth-order valence-corrected chi connectivity index (χ4v) is 4.47. The van der Waals surface area contributed by atoms with Crippen molar-refractivity contribution in [3.63, 3.8) is 0 Å². The molecule has 1 unspecified atom stereocenters. The molecule has 1 amide bonds. The number of aromatic nitrogens is 3. The summed E-state index contributed by atoms with van der Waals surface area (Å²) in [6, 6.07) is 16.1. The normalized spacial score (nSPS) is 16.2. The van der Waals surface area contributed by atoms with Gasteiger partial charge in [0.1, 0.15) is 6.54 Å². The number of benzene rings is 1. The third-order valence-electron chi connectivity index (χ3n) is 6.00. The van der Waals surface area contributed by atoms with E-state index in [0.29, 0.717) is 13.1 Å². The first-order valence-corrected chi connectivity index (χ1v) is 11.2. The lowest BCUT2D eigenvalue weighted by molar-refractivity contribution is -0.133. The van der Waals surface area contributed by atoms with Crippen molar-refractivity contribution in [2.75, 3.05) is 13.1 Å². The van der Waals surface area contributed by atoms with E-state index in [2.05, 4.69) is 48.4 Å². The Morgan fingerprint density at radius 2 is 1.88 bits per heavy atom. The number of aryl methyl sites for hydroxylation is 3. The van der Waals surface area contributed by atoms with Crippen molar-refractivity contribution in [2.24, 2.45) is 0 Å². The number of rotatable bonds is 5. The van der Waals surface area contributed by atoms with Gasteiger partial charge in [0.25, 0.3) is 5.56 Å². The maximum absolute atomic E-state index is 12.9. The fourth-order valence-electron chi connectivity index (χ4n) is 4.47. The second-order valence-corrected chi connectivity index (χ2v) is 8.86. The molecule has 32 heavy (non-hydrogen) atoms. The van der Waals surface area contributed by atoms with E-state index in [1.54, 1.807) is 6.07 Å². The average Bonchev–Trinajstić information content (AvgIpc) is 2.76.